The molecule has 3 unspecified atom stereocenters. The van der Waals surface area contributed by atoms with E-state index in [1.165, 1.54) is 17.8 Å². The number of aryl methyl sites for hydroxylation is 2. The summed E-state index contributed by atoms with van der Waals surface area (Å²) in [5.41, 5.74) is 0.962. The topological polar surface area (TPSA) is 65.5 Å². The summed E-state index contributed by atoms with van der Waals surface area (Å²) in [5, 5.41) is 3.57. The van der Waals surface area contributed by atoms with Crippen LogP contribution in [0, 0.1) is 19.8 Å². The number of nitrogens with one attached hydrogen (secondary N) is 1. The molecule has 3 rings (SSSR count). The summed E-state index contributed by atoms with van der Waals surface area (Å²) in [6.45, 7) is 10.2. The minimum absolute atomic E-state index is 0.0129. The lowest BCUT2D eigenvalue weighted by Crippen LogP contribution is -2.53. The van der Waals surface area contributed by atoms with Gasteiger partial charge in [-0.25, -0.2) is 4.98 Å². The van der Waals surface area contributed by atoms with Crippen LogP contribution in [0.5, 0.6) is 0 Å². The molecule has 0 bridgehead atoms. The number of thiazole rings is 1. The summed E-state index contributed by atoms with van der Waals surface area (Å²) < 4.78 is 0. The van der Waals surface area contributed by atoms with Crippen LogP contribution in [0.3, 0.4) is 0 Å². The van der Waals surface area contributed by atoms with Crippen LogP contribution in [-0.2, 0) is 9.59 Å². The molecule has 3 heterocycles. The number of nitrogens with zero attached hydrogens (tertiary/aromatic N) is 3. The van der Waals surface area contributed by atoms with Gasteiger partial charge < -0.3 is 10.2 Å². The Labute approximate surface area is 166 Å². The summed E-state index contributed by atoms with van der Waals surface area (Å²) in [6, 6.07) is 0.660. The molecule has 6 nitrogen and oxygen atoms in total. The highest BCUT2D eigenvalue weighted by atomic mass is 32.1. The smallest absolute Gasteiger partial charge is 0.240 e. The van der Waals surface area contributed by atoms with Crippen LogP contribution in [0.4, 0.5) is 5.13 Å². The monoisotopic (exact) mass is 392 g/mol. The minimum Gasteiger partial charge on any atom is -0.337 e. The third-order valence-corrected chi connectivity index (χ3v) is 6.93. The maximum atomic E-state index is 13.1. The molecule has 1 aromatic rings. The molecule has 1 aromatic heterocycles. The van der Waals surface area contributed by atoms with Crippen molar-refractivity contribution in [1.29, 1.82) is 0 Å². The van der Waals surface area contributed by atoms with Crippen molar-refractivity contribution in [2.75, 3.05) is 25.0 Å². The van der Waals surface area contributed by atoms with E-state index < -0.39 is 0 Å². The van der Waals surface area contributed by atoms with Crippen LogP contribution in [-0.4, -0.2) is 58.3 Å². The van der Waals surface area contributed by atoms with E-state index in [0.29, 0.717) is 30.3 Å². The molecule has 7 heteroatoms. The fourth-order valence-electron chi connectivity index (χ4n) is 4.36. The van der Waals surface area contributed by atoms with Gasteiger partial charge >= 0.3 is 0 Å². The van der Waals surface area contributed by atoms with Crippen LogP contribution in [0.25, 0.3) is 0 Å². The van der Waals surface area contributed by atoms with Gasteiger partial charge in [0, 0.05) is 23.5 Å². The molecule has 0 aliphatic carbocycles. The van der Waals surface area contributed by atoms with Gasteiger partial charge in [0.1, 0.15) is 0 Å². The Morgan fingerprint density at radius 3 is 2.48 bits per heavy atom. The zero-order valence-corrected chi connectivity index (χ0v) is 17.8. The van der Waals surface area contributed by atoms with Crippen LogP contribution in [0.2, 0.25) is 0 Å². The molecule has 150 valence electrons. The molecule has 0 saturated carbocycles. The largest absolute Gasteiger partial charge is 0.337 e. The summed E-state index contributed by atoms with van der Waals surface area (Å²) in [6.07, 6.45) is 5.30. The van der Waals surface area contributed by atoms with E-state index in [4.69, 9.17) is 0 Å². The molecule has 2 amide bonds. The third-order valence-electron chi connectivity index (χ3n) is 5.94. The first-order chi connectivity index (χ1) is 12.8. The van der Waals surface area contributed by atoms with Gasteiger partial charge in [-0.2, -0.15) is 0 Å². The van der Waals surface area contributed by atoms with Crippen molar-refractivity contribution in [3.8, 4) is 0 Å². The van der Waals surface area contributed by atoms with E-state index in [-0.39, 0.29) is 17.7 Å². The minimum atomic E-state index is -0.0449. The quantitative estimate of drug-likeness (QED) is 0.855. The maximum Gasteiger partial charge on any atom is 0.240 e. The predicted molar refractivity (Wildman–Crippen MR) is 109 cm³/mol. The molecule has 2 aliphatic rings. The molecule has 2 aliphatic heterocycles. The highest BCUT2D eigenvalue weighted by Gasteiger charge is 2.35. The number of hydrogen-bond acceptors (Lipinski definition) is 5. The number of hydrogen-bond donors (Lipinski definition) is 1. The van der Waals surface area contributed by atoms with Gasteiger partial charge in [-0.15, -0.1) is 11.3 Å². The van der Waals surface area contributed by atoms with E-state index in [9.17, 15) is 9.59 Å². The summed E-state index contributed by atoms with van der Waals surface area (Å²) >= 11 is 1.51. The van der Waals surface area contributed by atoms with Crippen molar-refractivity contribution >= 4 is 28.3 Å². The standard InChI is InChI=1S/C20H32N4O2S/c1-13-7-5-8-14(2)24(13)19(26)17-9-6-10-23(11-17)12-18(25)22-20-21-15(3)16(4)27-20/h13-14,17H,5-12H2,1-4H3,(H,21,22,25). The number of carbonyl (C=O) groups is 2. The van der Waals surface area contributed by atoms with E-state index in [0.717, 1.165) is 42.8 Å². The number of amides is 2. The average molecular weight is 393 g/mol. The van der Waals surface area contributed by atoms with E-state index >= 15 is 0 Å². The maximum absolute atomic E-state index is 13.1. The van der Waals surface area contributed by atoms with Gasteiger partial charge in [0.2, 0.25) is 11.8 Å². The Hall–Kier alpha value is -1.47. The molecule has 3 atom stereocenters. The van der Waals surface area contributed by atoms with Crippen molar-refractivity contribution < 1.29 is 9.59 Å². The van der Waals surface area contributed by atoms with E-state index in [1.807, 2.05) is 13.8 Å². The fraction of sp³-hybridized carbons (Fsp3) is 0.750. The molecular formula is C20H32N4O2S. The van der Waals surface area contributed by atoms with Crippen molar-refractivity contribution in [2.24, 2.45) is 5.92 Å². The van der Waals surface area contributed by atoms with Gasteiger partial charge in [-0.3, -0.25) is 14.5 Å². The first kappa shape index (κ1) is 20.3. The number of likely N-dealkylation sites (tertiary alicyclic amines) is 2. The fourth-order valence-corrected chi connectivity index (χ4v) is 5.19. The Balaban J connectivity index is 1.55. The lowest BCUT2D eigenvalue weighted by atomic mass is 9.91. The Kier molecular flexibility index (Phi) is 6.52. The molecule has 0 radical (unpaired) electrons. The van der Waals surface area contributed by atoms with Crippen molar-refractivity contribution in [2.45, 2.75) is 71.9 Å². The van der Waals surface area contributed by atoms with Crippen LogP contribution >= 0.6 is 11.3 Å². The molecular weight excluding hydrogens is 360 g/mol. The SMILES string of the molecule is Cc1nc(NC(=O)CN2CCCC(C(=O)N3C(C)CCCC3C)C2)sc1C. The first-order valence-electron chi connectivity index (χ1n) is 10.1. The second kappa shape index (κ2) is 8.69. The lowest BCUT2D eigenvalue weighted by molar-refractivity contribution is -0.144. The Morgan fingerprint density at radius 2 is 1.85 bits per heavy atom. The Morgan fingerprint density at radius 1 is 1.15 bits per heavy atom. The van der Waals surface area contributed by atoms with Crippen molar-refractivity contribution in [3.63, 3.8) is 0 Å². The van der Waals surface area contributed by atoms with Gasteiger partial charge in [0.15, 0.2) is 5.13 Å². The number of rotatable bonds is 4. The molecule has 2 saturated heterocycles. The van der Waals surface area contributed by atoms with Crippen molar-refractivity contribution in [1.82, 2.24) is 14.8 Å². The van der Waals surface area contributed by atoms with Gasteiger partial charge in [-0.05, 0) is 66.3 Å². The zero-order chi connectivity index (χ0) is 19.6. The third kappa shape index (κ3) is 4.88. The highest BCUT2D eigenvalue weighted by molar-refractivity contribution is 7.15. The van der Waals surface area contributed by atoms with Gasteiger partial charge in [0.25, 0.3) is 0 Å². The number of aromatic nitrogens is 1. The van der Waals surface area contributed by atoms with Crippen molar-refractivity contribution in [3.05, 3.63) is 10.6 Å². The van der Waals surface area contributed by atoms with Gasteiger partial charge in [0.05, 0.1) is 18.2 Å². The highest BCUT2D eigenvalue weighted by Crippen LogP contribution is 2.27. The normalized spacial score (nSPS) is 26.8. The molecule has 0 spiro atoms. The van der Waals surface area contributed by atoms with E-state index in [1.54, 1.807) is 0 Å². The first-order valence-corrected chi connectivity index (χ1v) is 10.9. The summed E-state index contributed by atoms with van der Waals surface area (Å²) in [7, 11) is 0. The number of piperidine rings is 2. The predicted octanol–water partition coefficient (Wildman–Crippen LogP) is 3.20. The molecule has 0 aromatic carbocycles. The number of carbonyl (C=O) groups excluding carboxylic acids is 2. The molecule has 1 N–H and O–H groups in total. The zero-order valence-electron chi connectivity index (χ0n) is 17.0. The summed E-state index contributed by atoms with van der Waals surface area (Å²) in [4.78, 5) is 35.3. The summed E-state index contributed by atoms with van der Waals surface area (Å²) in [5.74, 6) is 0.251. The second-order valence-corrected chi connectivity index (χ2v) is 9.36. The lowest BCUT2D eigenvalue weighted by Gasteiger charge is -2.42. The Bertz CT molecular complexity index is 660. The number of anilines is 1. The van der Waals surface area contributed by atoms with Crippen LogP contribution in [0.15, 0.2) is 0 Å². The molecule has 2 fully saturated rings. The molecule has 27 heavy (non-hydrogen) atoms. The van der Waals surface area contributed by atoms with Gasteiger partial charge in [-0.1, -0.05) is 0 Å². The second-order valence-electron chi connectivity index (χ2n) is 8.16. The van der Waals surface area contributed by atoms with Crippen LogP contribution < -0.4 is 5.32 Å². The van der Waals surface area contributed by atoms with Crippen LogP contribution in [0.1, 0.15) is 56.5 Å². The average Bonchev–Trinajstić information content (AvgIpc) is 2.92. The van der Waals surface area contributed by atoms with E-state index in [2.05, 4.69) is 33.9 Å².